The van der Waals surface area contributed by atoms with E-state index in [1.54, 1.807) is 41.0 Å². The molecule has 3 rings (SSSR count). The lowest BCUT2D eigenvalue weighted by atomic mass is 9.84. The van der Waals surface area contributed by atoms with E-state index in [2.05, 4.69) is 13.8 Å². The highest BCUT2D eigenvalue weighted by molar-refractivity contribution is 5.76. The van der Waals surface area contributed by atoms with Gasteiger partial charge in [0.2, 0.25) is 6.41 Å². The van der Waals surface area contributed by atoms with E-state index in [4.69, 9.17) is 4.74 Å². The van der Waals surface area contributed by atoms with Crippen molar-refractivity contribution in [1.82, 2.24) is 4.90 Å². The van der Waals surface area contributed by atoms with Gasteiger partial charge in [-0.15, -0.1) is 0 Å². The summed E-state index contributed by atoms with van der Waals surface area (Å²) in [6.45, 7) is 6.74. The second-order valence-electron chi connectivity index (χ2n) is 8.77. The molecule has 0 saturated carbocycles. The number of hydrogen-bond donors (Lipinski definition) is 0. The SMILES string of the molecule is Cc1cccc(OC(=O)N2CCC(C(CC(C)C)N(C=O)c3ccc(F)cc3)CC2)c1F. The van der Waals surface area contributed by atoms with E-state index < -0.39 is 11.9 Å². The van der Waals surface area contributed by atoms with Crippen molar-refractivity contribution in [2.75, 3.05) is 18.0 Å². The third kappa shape index (κ3) is 5.64. The van der Waals surface area contributed by atoms with Gasteiger partial charge in [0.05, 0.1) is 0 Å². The summed E-state index contributed by atoms with van der Waals surface area (Å²) >= 11 is 0. The molecule has 0 spiro atoms. The molecule has 2 aromatic carbocycles. The summed E-state index contributed by atoms with van der Waals surface area (Å²) in [7, 11) is 0. The summed E-state index contributed by atoms with van der Waals surface area (Å²) in [6.07, 6.45) is 2.41. The lowest BCUT2D eigenvalue weighted by Gasteiger charge is -2.40. The lowest BCUT2D eigenvalue weighted by Crippen LogP contribution is -2.47. The number of anilines is 1. The summed E-state index contributed by atoms with van der Waals surface area (Å²) in [5.41, 5.74) is 1.07. The number of rotatable bonds is 7. The normalized spacial score (nSPS) is 15.5. The van der Waals surface area contributed by atoms with Crippen LogP contribution in [-0.2, 0) is 4.79 Å². The van der Waals surface area contributed by atoms with Crippen LogP contribution < -0.4 is 9.64 Å². The highest BCUT2D eigenvalue weighted by Gasteiger charge is 2.33. The standard InChI is InChI=1S/C25H30F2N2O3/c1-17(2)15-22(29(16-30)21-9-7-20(26)8-10-21)19-11-13-28(14-12-19)25(31)32-23-6-4-5-18(3)24(23)27/h4-10,16-17,19,22H,11-15H2,1-3H3. The molecule has 0 radical (unpaired) electrons. The second-order valence-corrected chi connectivity index (χ2v) is 8.77. The zero-order valence-electron chi connectivity index (χ0n) is 18.8. The van der Waals surface area contributed by atoms with Crippen LogP contribution in [0.25, 0.3) is 0 Å². The number of carbonyl (C=O) groups is 2. The van der Waals surface area contributed by atoms with Gasteiger partial charge in [-0.3, -0.25) is 4.79 Å². The second kappa shape index (κ2) is 10.6. The maximum absolute atomic E-state index is 14.2. The average molecular weight is 445 g/mol. The van der Waals surface area contributed by atoms with Gasteiger partial charge >= 0.3 is 6.09 Å². The fourth-order valence-corrected chi connectivity index (χ4v) is 4.28. The number of likely N-dealkylation sites (tertiary alicyclic amines) is 1. The first kappa shape index (κ1) is 23.7. The molecule has 0 aromatic heterocycles. The van der Waals surface area contributed by atoms with Crippen LogP contribution in [-0.4, -0.2) is 36.5 Å². The molecule has 1 aliphatic heterocycles. The van der Waals surface area contributed by atoms with E-state index in [1.165, 1.54) is 18.2 Å². The van der Waals surface area contributed by atoms with Gasteiger partial charge in [-0.25, -0.2) is 13.6 Å². The van der Waals surface area contributed by atoms with E-state index in [0.717, 1.165) is 12.8 Å². The van der Waals surface area contributed by atoms with E-state index in [1.807, 2.05) is 0 Å². The molecule has 0 bridgehead atoms. The van der Waals surface area contributed by atoms with Crippen molar-refractivity contribution < 1.29 is 23.1 Å². The Bertz CT molecular complexity index is 925. The van der Waals surface area contributed by atoms with Crippen molar-refractivity contribution in [3.8, 4) is 5.75 Å². The number of piperidine rings is 1. The van der Waals surface area contributed by atoms with Gasteiger partial charge in [0.1, 0.15) is 5.82 Å². The van der Waals surface area contributed by atoms with Crippen molar-refractivity contribution in [2.24, 2.45) is 11.8 Å². The third-order valence-corrected chi connectivity index (χ3v) is 6.00. The van der Waals surface area contributed by atoms with Gasteiger partial charge in [0.25, 0.3) is 0 Å². The van der Waals surface area contributed by atoms with Crippen molar-refractivity contribution in [3.05, 3.63) is 59.7 Å². The number of ether oxygens (including phenoxy) is 1. The predicted octanol–water partition coefficient (Wildman–Crippen LogP) is 5.56. The first-order valence-electron chi connectivity index (χ1n) is 11.0. The largest absolute Gasteiger partial charge is 0.415 e. The average Bonchev–Trinajstić information content (AvgIpc) is 2.78. The predicted molar refractivity (Wildman–Crippen MR) is 120 cm³/mol. The molecule has 1 fully saturated rings. The number of aryl methyl sites for hydroxylation is 1. The first-order chi connectivity index (χ1) is 15.3. The van der Waals surface area contributed by atoms with Gasteiger partial charge in [0.15, 0.2) is 11.6 Å². The van der Waals surface area contributed by atoms with Crippen molar-refractivity contribution in [2.45, 2.75) is 46.1 Å². The zero-order valence-corrected chi connectivity index (χ0v) is 18.8. The number of carbonyl (C=O) groups excluding carboxylic acids is 2. The van der Waals surface area contributed by atoms with Gasteiger partial charge in [-0.1, -0.05) is 26.0 Å². The van der Waals surface area contributed by atoms with Crippen LogP contribution in [0.3, 0.4) is 0 Å². The molecule has 1 saturated heterocycles. The Morgan fingerprint density at radius 1 is 1.16 bits per heavy atom. The summed E-state index contributed by atoms with van der Waals surface area (Å²) in [4.78, 5) is 27.8. The van der Waals surface area contributed by atoms with E-state index >= 15 is 0 Å². The van der Waals surface area contributed by atoms with Crippen LogP contribution in [0.5, 0.6) is 5.75 Å². The minimum Gasteiger partial charge on any atom is -0.407 e. The fourth-order valence-electron chi connectivity index (χ4n) is 4.28. The van der Waals surface area contributed by atoms with Gasteiger partial charge < -0.3 is 14.5 Å². The molecular formula is C25H30F2N2O3. The summed E-state index contributed by atoms with van der Waals surface area (Å²) in [5, 5.41) is 0. The van der Waals surface area contributed by atoms with Crippen molar-refractivity contribution >= 4 is 18.2 Å². The molecule has 0 N–H and O–H groups in total. The molecule has 1 heterocycles. The molecule has 32 heavy (non-hydrogen) atoms. The van der Waals surface area contributed by atoms with Crippen LogP contribution in [0, 0.1) is 30.4 Å². The van der Waals surface area contributed by atoms with E-state index in [-0.39, 0.29) is 23.5 Å². The third-order valence-electron chi connectivity index (χ3n) is 6.00. The van der Waals surface area contributed by atoms with Crippen LogP contribution in [0.2, 0.25) is 0 Å². The quantitative estimate of drug-likeness (QED) is 0.525. The number of benzene rings is 2. The van der Waals surface area contributed by atoms with Crippen LogP contribution in [0.4, 0.5) is 19.3 Å². The molecule has 172 valence electrons. The smallest absolute Gasteiger partial charge is 0.407 e. The minimum absolute atomic E-state index is 0.0645. The summed E-state index contributed by atoms with van der Waals surface area (Å²) in [6, 6.07) is 10.6. The number of amides is 2. The molecule has 5 nitrogen and oxygen atoms in total. The van der Waals surface area contributed by atoms with Crippen LogP contribution in [0.1, 0.15) is 38.7 Å². The summed E-state index contributed by atoms with van der Waals surface area (Å²) in [5.74, 6) is -0.425. The molecule has 2 amide bonds. The molecule has 0 aliphatic carbocycles. The number of hydrogen-bond acceptors (Lipinski definition) is 3. The molecular weight excluding hydrogens is 414 g/mol. The Morgan fingerprint density at radius 2 is 1.81 bits per heavy atom. The number of nitrogens with zero attached hydrogens (tertiary/aromatic N) is 2. The fraction of sp³-hybridized carbons (Fsp3) is 0.440. The first-order valence-corrected chi connectivity index (χ1v) is 11.0. The Labute approximate surface area is 188 Å². The monoisotopic (exact) mass is 444 g/mol. The zero-order chi connectivity index (χ0) is 23.3. The number of halogens is 2. The lowest BCUT2D eigenvalue weighted by molar-refractivity contribution is -0.108. The molecule has 2 aromatic rings. The van der Waals surface area contributed by atoms with Gasteiger partial charge in [-0.2, -0.15) is 0 Å². The molecule has 7 heteroatoms. The van der Waals surface area contributed by atoms with Gasteiger partial charge in [0, 0.05) is 24.8 Å². The molecule has 1 atom stereocenters. The van der Waals surface area contributed by atoms with Gasteiger partial charge in [-0.05, 0) is 73.9 Å². The summed E-state index contributed by atoms with van der Waals surface area (Å²) < 4.78 is 32.8. The topological polar surface area (TPSA) is 49.9 Å². The maximum atomic E-state index is 14.2. The van der Waals surface area contributed by atoms with Crippen LogP contribution in [0.15, 0.2) is 42.5 Å². The highest BCUT2D eigenvalue weighted by Crippen LogP contribution is 2.31. The van der Waals surface area contributed by atoms with E-state index in [0.29, 0.717) is 43.1 Å². The van der Waals surface area contributed by atoms with Crippen molar-refractivity contribution in [1.29, 1.82) is 0 Å². The molecule has 1 aliphatic rings. The van der Waals surface area contributed by atoms with E-state index in [9.17, 15) is 18.4 Å². The van der Waals surface area contributed by atoms with Crippen molar-refractivity contribution in [3.63, 3.8) is 0 Å². The minimum atomic E-state index is -0.570. The Morgan fingerprint density at radius 3 is 2.41 bits per heavy atom. The Hall–Kier alpha value is -2.96. The highest BCUT2D eigenvalue weighted by atomic mass is 19.1. The van der Waals surface area contributed by atoms with Crippen LogP contribution >= 0.6 is 0 Å². The Balaban J connectivity index is 1.68. The maximum Gasteiger partial charge on any atom is 0.415 e. The molecule has 1 unspecified atom stereocenters. The Kier molecular flexibility index (Phi) is 7.83.